The van der Waals surface area contributed by atoms with Crippen molar-refractivity contribution in [2.24, 2.45) is 0 Å². The van der Waals surface area contributed by atoms with Crippen LogP contribution in [0.25, 0.3) is 0 Å². The van der Waals surface area contributed by atoms with Crippen LogP contribution in [-0.2, 0) is 16.0 Å². The minimum atomic E-state index is -0.571. The van der Waals surface area contributed by atoms with Crippen LogP contribution in [0.15, 0.2) is 18.2 Å². The van der Waals surface area contributed by atoms with E-state index >= 15 is 0 Å². The summed E-state index contributed by atoms with van der Waals surface area (Å²) in [6.07, 6.45) is 0.207. The van der Waals surface area contributed by atoms with Crippen molar-refractivity contribution in [2.75, 3.05) is 22.9 Å². The quantitative estimate of drug-likeness (QED) is 0.804. The van der Waals surface area contributed by atoms with Crippen molar-refractivity contribution in [2.45, 2.75) is 32.8 Å². The zero-order valence-electron chi connectivity index (χ0n) is 13.4. The molecule has 0 bridgehead atoms. The van der Waals surface area contributed by atoms with E-state index in [4.69, 9.17) is 4.74 Å². The molecule has 0 unspecified atom stereocenters. The van der Waals surface area contributed by atoms with Crippen molar-refractivity contribution in [3.8, 4) is 0 Å². The fourth-order valence-corrected chi connectivity index (χ4v) is 2.81. The standard InChI is InChI=1S/C16H19N3O4/c1-16(2,3)23-15(22)18-8-7-10-11(18)5-4-6-12(10)19-9-13(20)17-14(19)21/h4-6H,7-9H2,1-3H3,(H,17,20,21). The van der Waals surface area contributed by atoms with E-state index in [1.54, 1.807) is 17.0 Å². The molecule has 7 heteroatoms. The number of hydrogen-bond acceptors (Lipinski definition) is 4. The normalized spacial score (nSPS) is 17.3. The maximum atomic E-state index is 12.3. The molecule has 23 heavy (non-hydrogen) atoms. The average molecular weight is 317 g/mol. The molecule has 0 radical (unpaired) electrons. The SMILES string of the molecule is CC(C)(C)OC(=O)N1CCc2c(N3CC(=O)NC3=O)cccc21. The largest absolute Gasteiger partial charge is 0.443 e. The number of rotatable bonds is 1. The molecule has 1 N–H and O–H groups in total. The summed E-state index contributed by atoms with van der Waals surface area (Å²) in [5.74, 6) is -0.324. The second kappa shape index (κ2) is 5.26. The Morgan fingerprint density at radius 3 is 2.52 bits per heavy atom. The van der Waals surface area contributed by atoms with Crippen LogP contribution in [0, 0.1) is 0 Å². The van der Waals surface area contributed by atoms with Crippen molar-refractivity contribution in [3.05, 3.63) is 23.8 Å². The molecule has 7 nitrogen and oxygen atoms in total. The summed E-state index contributed by atoms with van der Waals surface area (Å²) < 4.78 is 5.42. The minimum Gasteiger partial charge on any atom is -0.443 e. The number of imide groups is 1. The first-order chi connectivity index (χ1) is 10.8. The Balaban J connectivity index is 1.90. The molecule has 0 spiro atoms. The van der Waals surface area contributed by atoms with E-state index in [2.05, 4.69) is 5.32 Å². The number of carbonyl (C=O) groups is 3. The lowest BCUT2D eigenvalue weighted by molar-refractivity contribution is -0.117. The molecule has 0 atom stereocenters. The number of hydrogen-bond donors (Lipinski definition) is 1. The van der Waals surface area contributed by atoms with Crippen molar-refractivity contribution >= 4 is 29.4 Å². The Morgan fingerprint density at radius 2 is 1.91 bits per heavy atom. The predicted octanol–water partition coefficient (Wildman–Crippen LogP) is 2.04. The summed E-state index contributed by atoms with van der Waals surface area (Å²) in [6, 6.07) is 4.95. The van der Waals surface area contributed by atoms with Gasteiger partial charge in [0.1, 0.15) is 12.1 Å². The highest BCUT2D eigenvalue weighted by molar-refractivity contribution is 6.13. The summed E-state index contributed by atoms with van der Waals surface area (Å²) in [7, 11) is 0. The van der Waals surface area contributed by atoms with Crippen LogP contribution in [0.4, 0.5) is 21.0 Å². The van der Waals surface area contributed by atoms with E-state index in [1.807, 2.05) is 26.8 Å². The Bertz CT molecular complexity index is 693. The third-order valence-electron chi connectivity index (χ3n) is 3.70. The van der Waals surface area contributed by atoms with E-state index in [-0.39, 0.29) is 12.5 Å². The molecule has 1 aromatic rings. The van der Waals surface area contributed by atoms with Gasteiger partial charge in [0.25, 0.3) is 0 Å². The molecular formula is C16H19N3O4. The summed E-state index contributed by atoms with van der Waals surface area (Å²) in [5, 5.41) is 2.26. The van der Waals surface area contributed by atoms with Crippen molar-refractivity contribution in [1.82, 2.24) is 5.32 Å². The van der Waals surface area contributed by atoms with Gasteiger partial charge >= 0.3 is 12.1 Å². The fraction of sp³-hybridized carbons (Fsp3) is 0.438. The van der Waals surface area contributed by atoms with Crippen LogP contribution >= 0.6 is 0 Å². The highest BCUT2D eigenvalue weighted by atomic mass is 16.6. The lowest BCUT2D eigenvalue weighted by atomic mass is 10.1. The highest BCUT2D eigenvalue weighted by Gasteiger charge is 2.35. The summed E-state index contributed by atoms with van der Waals surface area (Å²) in [6.45, 7) is 5.95. The number of urea groups is 1. The molecule has 4 amide bonds. The zero-order chi connectivity index (χ0) is 16.8. The van der Waals surface area contributed by atoms with Crippen LogP contribution < -0.4 is 15.1 Å². The average Bonchev–Trinajstić information content (AvgIpc) is 2.99. The van der Waals surface area contributed by atoms with Crippen LogP contribution in [0.1, 0.15) is 26.3 Å². The van der Waals surface area contributed by atoms with Gasteiger partial charge < -0.3 is 4.74 Å². The molecular weight excluding hydrogens is 298 g/mol. The number of ether oxygens (including phenoxy) is 1. The molecule has 2 aliphatic heterocycles. The number of nitrogens with one attached hydrogen (secondary N) is 1. The van der Waals surface area contributed by atoms with Gasteiger partial charge in [-0.25, -0.2) is 9.59 Å². The van der Waals surface area contributed by atoms with Crippen molar-refractivity contribution in [1.29, 1.82) is 0 Å². The highest BCUT2D eigenvalue weighted by Crippen LogP contribution is 2.36. The van der Waals surface area contributed by atoms with Gasteiger partial charge in [-0.2, -0.15) is 0 Å². The summed E-state index contributed by atoms with van der Waals surface area (Å²) in [5.41, 5.74) is 1.70. The molecule has 2 aliphatic rings. The molecule has 122 valence electrons. The molecule has 0 saturated carbocycles. The number of benzene rings is 1. The van der Waals surface area contributed by atoms with E-state index in [0.717, 1.165) is 11.3 Å². The fourth-order valence-electron chi connectivity index (χ4n) is 2.81. The van der Waals surface area contributed by atoms with E-state index in [1.165, 1.54) is 4.90 Å². The maximum Gasteiger partial charge on any atom is 0.414 e. The maximum absolute atomic E-state index is 12.3. The molecule has 1 saturated heterocycles. The van der Waals surface area contributed by atoms with Gasteiger partial charge in [0.2, 0.25) is 5.91 Å². The Labute approximate surface area is 134 Å². The van der Waals surface area contributed by atoms with Crippen LogP contribution in [0.5, 0.6) is 0 Å². The van der Waals surface area contributed by atoms with E-state index in [0.29, 0.717) is 18.7 Å². The minimum absolute atomic E-state index is 0.00171. The lowest BCUT2D eigenvalue weighted by Gasteiger charge is -2.25. The van der Waals surface area contributed by atoms with Crippen molar-refractivity contribution < 1.29 is 19.1 Å². The first kappa shape index (κ1) is 15.3. The number of nitrogens with zero attached hydrogens (tertiary/aromatic N) is 2. The summed E-state index contributed by atoms with van der Waals surface area (Å²) >= 11 is 0. The van der Waals surface area contributed by atoms with Crippen molar-refractivity contribution in [3.63, 3.8) is 0 Å². The second-order valence-electron chi connectivity index (χ2n) is 6.60. The molecule has 1 aromatic carbocycles. The number of amides is 4. The molecule has 1 fully saturated rings. The Morgan fingerprint density at radius 1 is 1.22 bits per heavy atom. The second-order valence-corrected chi connectivity index (χ2v) is 6.60. The third kappa shape index (κ3) is 2.86. The molecule has 2 heterocycles. The molecule has 3 rings (SSSR count). The van der Waals surface area contributed by atoms with Gasteiger partial charge in [-0.1, -0.05) is 6.07 Å². The molecule has 0 aliphatic carbocycles. The van der Waals surface area contributed by atoms with Gasteiger partial charge in [-0.05, 0) is 39.3 Å². The number of fused-ring (bicyclic) bond motifs is 1. The predicted molar refractivity (Wildman–Crippen MR) is 84.6 cm³/mol. The van der Waals surface area contributed by atoms with E-state index in [9.17, 15) is 14.4 Å². The Hall–Kier alpha value is -2.57. The first-order valence-corrected chi connectivity index (χ1v) is 7.50. The van der Waals surface area contributed by atoms with Gasteiger partial charge in [0.05, 0.1) is 11.4 Å². The lowest BCUT2D eigenvalue weighted by Crippen LogP contribution is -2.35. The van der Waals surface area contributed by atoms with Crippen LogP contribution in [0.3, 0.4) is 0 Å². The monoisotopic (exact) mass is 317 g/mol. The third-order valence-corrected chi connectivity index (χ3v) is 3.70. The van der Waals surface area contributed by atoms with Gasteiger partial charge in [-0.15, -0.1) is 0 Å². The van der Waals surface area contributed by atoms with Crippen LogP contribution in [0.2, 0.25) is 0 Å². The van der Waals surface area contributed by atoms with Crippen LogP contribution in [-0.4, -0.2) is 36.7 Å². The van der Waals surface area contributed by atoms with E-state index < -0.39 is 17.7 Å². The van der Waals surface area contributed by atoms with Gasteiger partial charge in [0.15, 0.2) is 0 Å². The summed E-state index contributed by atoms with van der Waals surface area (Å²) in [4.78, 5) is 38.6. The Kier molecular flexibility index (Phi) is 3.50. The number of carbonyl (C=O) groups excluding carboxylic acids is 3. The topological polar surface area (TPSA) is 79.0 Å². The smallest absolute Gasteiger partial charge is 0.414 e. The number of anilines is 2. The molecule has 0 aromatic heterocycles. The zero-order valence-corrected chi connectivity index (χ0v) is 13.4. The first-order valence-electron chi connectivity index (χ1n) is 7.50. The van der Waals surface area contributed by atoms with Gasteiger partial charge in [-0.3, -0.25) is 19.9 Å². The van der Waals surface area contributed by atoms with Gasteiger partial charge in [0, 0.05) is 12.1 Å².